The zero-order valence-corrected chi connectivity index (χ0v) is 23.1. The van der Waals surface area contributed by atoms with Gasteiger partial charge in [0.1, 0.15) is 17.5 Å². The van der Waals surface area contributed by atoms with Crippen LogP contribution in [0, 0.1) is 45.3 Å². The molecule has 4 unspecified atom stereocenters. The molecule has 0 amide bonds. The van der Waals surface area contributed by atoms with Gasteiger partial charge in [-0.25, -0.2) is 0 Å². The summed E-state index contributed by atoms with van der Waals surface area (Å²) in [7, 11) is 0. The summed E-state index contributed by atoms with van der Waals surface area (Å²) in [6.07, 6.45) is 4.50. The Kier molecular flexibility index (Phi) is 6.23. The molecule has 3 fully saturated rings. The number of aliphatic hydroxyl groups excluding tert-OH is 2. The van der Waals surface area contributed by atoms with Crippen molar-refractivity contribution in [3.63, 3.8) is 0 Å². The zero-order chi connectivity index (χ0) is 27.2. The highest BCUT2D eigenvalue weighted by atomic mass is 16.3. The molecule has 3 saturated carbocycles. The Morgan fingerprint density at radius 1 is 1.11 bits per heavy atom. The van der Waals surface area contributed by atoms with E-state index in [0.717, 1.165) is 5.57 Å². The SMILES string of the molecule is CC(C)/C=C/C(=O)C(C)(O)C1C(O)C[C@@]2(C)[C@@H]3CC=C4[C@H](CC(O)C(=O)C4(C)C)[C@@]3(C)C(=O)C[C@]12C. The maximum atomic E-state index is 14.2. The zero-order valence-electron chi connectivity index (χ0n) is 23.1. The van der Waals surface area contributed by atoms with Crippen LogP contribution in [0.5, 0.6) is 0 Å². The minimum Gasteiger partial charge on any atom is -0.393 e. The Hall–Kier alpha value is -1.63. The van der Waals surface area contributed by atoms with Crippen molar-refractivity contribution in [1.82, 2.24) is 0 Å². The molecule has 0 heterocycles. The van der Waals surface area contributed by atoms with Crippen LogP contribution >= 0.6 is 0 Å². The highest BCUT2D eigenvalue weighted by Crippen LogP contribution is 2.74. The van der Waals surface area contributed by atoms with E-state index in [1.165, 1.54) is 13.0 Å². The smallest absolute Gasteiger partial charge is 0.186 e. The number of allylic oxidation sites excluding steroid dienone is 3. The predicted molar refractivity (Wildman–Crippen MR) is 137 cm³/mol. The lowest BCUT2D eigenvalue weighted by atomic mass is 9.38. The number of hydrogen-bond acceptors (Lipinski definition) is 6. The molecule has 36 heavy (non-hydrogen) atoms. The van der Waals surface area contributed by atoms with Gasteiger partial charge < -0.3 is 15.3 Å². The number of fused-ring (bicyclic) bond motifs is 5. The Bertz CT molecular complexity index is 1050. The first-order valence-electron chi connectivity index (χ1n) is 13.5. The second-order valence-corrected chi connectivity index (χ2v) is 13.8. The molecule has 0 saturated heterocycles. The summed E-state index contributed by atoms with van der Waals surface area (Å²) in [5, 5.41) is 33.7. The molecule has 0 aromatic rings. The van der Waals surface area contributed by atoms with Crippen molar-refractivity contribution in [2.45, 2.75) is 98.9 Å². The van der Waals surface area contributed by atoms with E-state index < -0.39 is 51.2 Å². The second-order valence-electron chi connectivity index (χ2n) is 13.8. The summed E-state index contributed by atoms with van der Waals surface area (Å²) in [5.41, 5.74) is -3.87. The summed E-state index contributed by atoms with van der Waals surface area (Å²) < 4.78 is 0. The Balaban J connectivity index is 1.81. The van der Waals surface area contributed by atoms with Gasteiger partial charge in [0, 0.05) is 23.2 Å². The molecule has 3 N–H and O–H groups in total. The molecule has 0 spiro atoms. The molecule has 4 rings (SSSR count). The number of carbonyl (C=O) groups is 3. The number of Topliss-reactive ketones (excluding diaryl/α,β-unsaturated/α-hetero) is 2. The average molecular weight is 501 g/mol. The van der Waals surface area contributed by atoms with Crippen LogP contribution in [-0.4, -0.2) is 50.5 Å². The molecule has 6 nitrogen and oxygen atoms in total. The van der Waals surface area contributed by atoms with E-state index in [4.69, 9.17) is 0 Å². The van der Waals surface area contributed by atoms with E-state index in [1.54, 1.807) is 6.08 Å². The number of hydrogen-bond donors (Lipinski definition) is 3. The van der Waals surface area contributed by atoms with Gasteiger partial charge in [-0.15, -0.1) is 0 Å². The fourth-order valence-electron chi connectivity index (χ4n) is 9.00. The van der Waals surface area contributed by atoms with Crippen molar-refractivity contribution < 1.29 is 29.7 Å². The maximum Gasteiger partial charge on any atom is 0.186 e. The Labute approximate surface area is 215 Å². The minimum atomic E-state index is -1.82. The van der Waals surface area contributed by atoms with E-state index in [1.807, 2.05) is 41.5 Å². The molecule has 0 bridgehead atoms. The molecule has 4 aliphatic carbocycles. The Morgan fingerprint density at radius 3 is 2.31 bits per heavy atom. The van der Waals surface area contributed by atoms with Gasteiger partial charge >= 0.3 is 0 Å². The fourth-order valence-corrected chi connectivity index (χ4v) is 9.00. The van der Waals surface area contributed by atoms with Crippen LogP contribution in [0.15, 0.2) is 23.8 Å². The van der Waals surface area contributed by atoms with Gasteiger partial charge in [-0.05, 0) is 74.7 Å². The van der Waals surface area contributed by atoms with E-state index in [0.29, 0.717) is 12.8 Å². The van der Waals surface area contributed by atoms with E-state index in [9.17, 15) is 29.7 Å². The monoisotopic (exact) mass is 500 g/mol. The number of ketones is 3. The normalized spacial score (nSPS) is 45.7. The highest BCUT2D eigenvalue weighted by Gasteiger charge is 2.74. The molecule has 0 aromatic heterocycles. The fraction of sp³-hybridized carbons (Fsp3) is 0.767. The van der Waals surface area contributed by atoms with Gasteiger partial charge in [0.2, 0.25) is 0 Å². The summed E-state index contributed by atoms with van der Waals surface area (Å²) in [6.45, 7) is 15.1. The first-order valence-corrected chi connectivity index (χ1v) is 13.5. The van der Waals surface area contributed by atoms with Gasteiger partial charge in [0.05, 0.1) is 6.10 Å². The lowest BCUT2D eigenvalue weighted by molar-refractivity contribution is -0.183. The quantitative estimate of drug-likeness (QED) is 0.400. The van der Waals surface area contributed by atoms with Crippen molar-refractivity contribution >= 4 is 17.3 Å². The van der Waals surface area contributed by atoms with Gasteiger partial charge in [-0.2, -0.15) is 0 Å². The molecule has 9 atom stereocenters. The Morgan fingerprint density at radius 2 is 1.72 bits per heavy atom. The van der Waals surface area contributed by atoms with E-state index in [2.05, 4.69) is 13.0 Å². The van der Waals surface area contributed by atoms with Gasteiger partial charge in [0.15, 0.2) is 11.6 Å². The van der Waals surface area contributed by atoms with Gasteiger partial charge in [0.25, 0.3) is 0 Å². The molecule has 0 aliphatic heterocycles. The molecule has 200 valence electrons. The average Bonchev–Trinajstić information content (AvgIpc) is 2.96. The third-order valence-electron chi connectivity index (χ3n) is 11.1. The standard InChI is InChI=1S/C30H44O6/c1-16(2)9-12-22(33)30(8,36)24-20(32)14-27(5)21-11-10-17-18(13-19(31)25(35)26(17,3)4)29(21,7)23(34)15-28(24,27)6/h9-10,12,16,18-21,24,31-32,36H,11,13-15H2,1-8H3/b12-9+/t18-,19?,20?,21-,24?,27-,28+,29+,30?/m0/s1. The van der Waals surface area contributed by atoms with Crippen LogP contribution in [-0.2, 0) is 14.4 Å². The van der Waals surface area contributed by atoms with Crippen LogP contribution in [0.2, 0.25) is 0 Å². The summed E-state index contributed by atoms with van der Waals surface area (Å²) in [4.78, 5) is 40.2. The van der Waals surface area contributed by atoms with Gasteiger partial charge in [-0.1, -0.05) is 52.3 Å². The second kappa shape index (κ2) is 8.18. The van der Waals surface area contributed by atoms with Crippen LogP contribution in [0.3, 0.4) is 0 Å². The summed E-state index contributed by atoms with van der Waals surface area (Å²) in [5.74, 6) is -1.70. The van der Waals surface area contributed by atoms with Crippen molar-refractivity contribution in [3.8, 4) is 0 Å². The van der Waals surface area contributed by atoms with Crippen molar-refractivity contribution in [3.05, 3.63) is 23.8 Å². The molecule has 0 aromatic carbocycles. The summed E-state index contributed by atoms with van der Waals surface area (Å²) >= 11 is 0. The third kappa shape index (κ3) is 3.36. The lowest BCUT2D eigenvalue weighted by Gasteiger charge is -2.64. The topological polar surface area (TPSA) is 112 Å². The molecular weight excluding hydrogens is 456 g/mol. The van der Waals surface area contributed by atoms with E-state index in [-0.39, 0.29) is 42.2 Å². The van der Waals surface area contributed by atoms with Crippen molar-refractivity contribution in [1.29, 1.82) is 0 Å². The molecule has 4 aliphatic rings. The first-order chi connectivity index (χ1) is 16.4. The van der Waals surface area contributed by atoms with Gasteiger partial charge in [-0.3, -0.25) is 14.4 Å². The third-order valence-corrected chi connectivity index (χ3v) is 11.1. The number of carbonyl (C=O) groups excluding carboxylic acids is 3. The molecule has 0 radical (unpaired) electrons. The lowest BCUT2D eigenvalue weighted by Crippen LogP contribution is -2.65. The van der Waals surface area contributed by atoms with Crippen molar-refractivity contribution in [2.24, 2.45) is 45.3 Å². The predicted octanol–water partition coefficient (Wildman–Crippen LogP) is 3.81. The largest absolute Gasteiger partial charge is 0.393 e. The van der Waals surface area contributed by atoms with Crippen LogP contribution in [0.1, 0.15) is 81.1 Å². The molecule has 6 heteroatoms. The van der Waals surface area contributed by atoms with Crippen LogP contribution < -0.4 is 0 Å². The molecular formula is C30H44O6. The van der Waals surface area contributed by atoms with Crippen LogP contribution in [0.4, 0.5) is 0 Å². The maximum absolute atomic E-state index is 14.2. The highest BCUT2D eigenvalue weighted by molar-refractivity contribution is 5.97. The first kappa shape index (κ1) is 27.4. The summed E-state index contributed by atoms with van der Waals surface area (Å²) in [6, 6.07) is 0. The number of rotatable bonds is 4. The van der Waals surface area contributed by atoms with E-state index >= 15 is 0 Å². The number of aliphatic hydroxyl groups is 3. The van der Waals surface area contributed by atoms with Crippen molar-refractivity contribution in [2.75, 3.05) is 0 Å². The minimum absolute atomic E-state index is 0.0282. The van der Waals surface area contributed by atoms with Crippen LogP contribution in [0.25, 0.3) is 0 Å².